The van der Waals surface area contributed by atoms with E-state index in [0.717, 1.165) is 24.0 Å². The highest BCUT2D eigenvalue weighted by atomic mass is 16.5. The number of hydrogen-bond acceptors (Lipinski definition) is 4. The van der Waals surface area contributed by atoms with E-state index in [9.17, 15) is 4.79 Å². The van der Waals surface area contributed by atoms with Crippen LogP contribution in [0.15, 0.2) is 28.7 Å². The maximum atomic E-state index is 11.3. The second kappa shape index (κ2) is 5.53. The van der Waals surface area contributed by atoms with Crippen LogP contribution in [0.5, 0.6) is 5.75 Å². The summed E-state index contributed by atoms with van der Waals surface area (Å²) in [4.78, 5) is 11.3. The van der Waals surface area contributed by atoms with Gasteiger partial charge in [-0.1, -0.05) is 13.8 Å². The highest BCUT2D eigenvalue weighted by Gasteiger charge is 2.31. The van der Waals surface area contributed by atoms with Crippen molar-refractivity contribution in [3.05, 3.63) is 30.0 Å². The Bertz CT molecular complexity index is 653. The van der Waals surface area contributed by atoms with Crippen LogP contribution < -0.4 is 10.1 Å². The number of ether oxygens (including phenoxy) is 1. The molecule has 1 aliphatic carbocycles. The quantitative estimate of drug-likeness (QED) is 0.855. The molecule has 1 aliphatic rings. The predicted octanol–water partition coefficient (Wildman–Crippen LogP) is 3.54. The summed E-state index contributed by atoms with van der Waals surface area (Å²) < 4.78 is 11.5. The second-order valence-corrected chi connectivity index (χ2v) is 6.10. The van der Waals surface area contributed by atoms with Gasteiger partial charge in [0.05, 0.1) is 0 Å². The lowest BCUT2D eigenvalue weighted by atomic mass is 9.88. The minimum Gasteiger partial charge on any atom is -0.490 e. The minimum atomic E-state index is -0.0599. The number of hydrogen-bond donors (Lipinski definition) is 1. The Kier molecular flexibility index (Phi) is 3.72. The summed E-state index contributed by atoms with van der Waals surface area (Å²) in [6.45, 7) is 5.82. The highest BCUT2D eigenvalue weighted by molar-refractivity contribution is 5.96. The van der Waals surface area contributed by atoms with Gasteiger partial charge in [-0.2, -0.15) is 0 Å². The molecule has 21 heavy (non-hydrogen) atoms. The van der Waals surface area contributed by atoms with Gasteiger partial charge in [0.15, 0.2) is 11.5 Å². The molecule has 3 rings (SSSR count). The fourth-order valence-electron chi connectivity index (χ4n) is 2.72. The Morgan fingerprint density at radius 1 is 1.33 bits per heavy atom. The van der Waals surface area contributed by atoms with Crippen molar-refractivity contribution in [2.24, 2.45) is 0 Å². The number of nitrogens with one attached hydrogen (secondary N) is 1. The van der Waals surface area contributed by atoms with Crippen molar-refractivity contribution in [2.45, 2.75) is 51.8 Å². The predicted molar refractivity (Wildman–Crippen MR) is 81.9 cm³/mol. The van der Waals surface area contributed by atoms with E-state index in [1.807, 2.05) is 18.2 Å². The van der Waals surface area contributed by atoms with E-state index in [2.05, 4.69) is 19.2 Å². The van der Waals surface area contributed by atoms with Crippen molar-refractivity contribution in [1.29, 1.82) is 0 Å². The zero-order chi connectivity index (χ0) is 15.0. The van der Waals surface area contributed by atoms with Crippen LogP contribution in [-0.2, 0) is 0 Å². The van der Waals surface area contributed by atoms with Crippen LogP contribution in [0.4, 0.5) is 0 Å². The first-order chi connectivity index (χ1) is 10.0. The molecule has 2 aromatic rings. The van der Waals surface area contributed by atoms with E-state index >= 15 is 0 Å². The van der Waals surface area contributed by atoms with E-state index in [1.165, 1.54) is 6.92 Å². The number of rotatable bonds is 5. The van der Waals surface area contributed by atoms with Gasteiger partial charge in [0.2, 0.25) is 0 Å². The standard InChI is InChI=1S/C17H21NO3/c1-10(2)18-13-7-15(8-13)20-14-5-4-12-6-16(11(3)19)21-17(12)9-14/h4-6,9-10,13,15,18H,7-8H2,1-3H3. The Morgan fingerprint density at radius 3 is 2.76 bits per heavy atom. The van der Waals surface area contributed by atoms with Crippen molar-refractivity contribution in [3.63, 3.8) is 0 Å². The van der Waals surface area contributed by atoms with Crippen LogP contribution in [-0.4, -0.2) is 24.0 Å². The molecular formula is C17H21NO3. The lowest BCUT2D eigenvalue weighted by Gasteiger charge is -2.37. The summed E-state index contributed by atoms with van der Waals surface area (Å²) in [7, 11) is 0. The molecule has 1 heterocycles. The SMILES string of the molecule is CC(=O)c1cc2ccc(OC3CC(NC(C)C)C3)cc2o1. The molecule has 0 radical (unpaired) electrons. The molecule has 1 aromatic heterocycles. The maximum Gasteiger partial charge on any atom is 0.194 e. The molecule has 0 saturated heterocycles. The van der Waals surface area contributed by atoms with Gasteiger partial charge < -0.3 is 14.5 Å². The van der Waals surface area contributed by atoms with Crippen LogP contribution in [0.1, 0.15) is 44.2 Å². The first kappa shape index (κ1) is 14.1. The summed E-state index contributed by atoms with van der Waals surface area (Å²) in [5.41, 5.74) is 0.703. The van der Waals surface area contributed by atoms with Crippen molar-refractivity contribution >= 4 is 16.8 Å². The summed E-state index contributed by atoms with van der Waals surface area (Å²) in [6, 6.07) is 8.58. The van der Waals surface area contributed by atoms with Gasteiger partial charge in [0, 0.05) is 30.5 Å². The molecule has 0 aliphatic heterocycles. The van der Waals surface area contributed by atoms with Crippen LogP contribution in [0.25, 0.3) is 11.0 Å². The number of carbonyl (C=O) groups is 1. The zero-order valence-corrected chi connectivity index (χ0v) is 12.7. The summed E-state index contributed by atoms with van der Waals surface area (Å²) in [5, 5.41) is 4.44. The smallest absolute Gasteiger partial charge is 0.194 e. The first-order valence-electron chi connectivity index (χ1n) is 7.48. The lowest BCUT2D eigenvalue weighted by molar-refractivity contribution is 0.0815. The summed E-state index contributed by atoms with van der Waals surface area (Å²) >= 11 is 0. The Balaban J connectivity index is 1.64. The summed E-state index contributed by atoms with van der Waals surface area (Å²) in [6.07, 6.45) is 2.33. The van der Waals surface area contributed by atoms with Crippen LogP contribution in [0.3, 0.4) is 0 Å². The van der Waals surface area contributed by atoms with Crippen molar-refractivity contribution in [2.75, 3.05) is 0 Å². The van der Waals surface area contributed by atoms with Crippen LogP contribution in [0.2, 0.25) is 0 Å². The Labute approximate surface area is 124 Å². The van der Waals surface area contributed by atoms with Gasteiger partial charge >= 0.3 is 0 Å². The van der Waals surface area contributed by atoms with Crippen LogP contribution in [0, 0.1) is 0 Å². The molecule has 0 unspecified atom stereocenters. The van der Waals surface area contributed by atoms with Gasteiger partial charge in [-0.3, -0.25) is 4.79 Å². The highest BCUT2D eigenvalue weighted by Crippen LogP contribution is 2.29. The third-order valence-corrected chi connectivity index (χ3v) is 3.81. The van der Waals surface area contributed by atoms with Crippen molar-refractivity contribution in [3.8, 4) is 5.75 Å². The molecule has 1 fully saturated rings. The number of Topliss-reactive ketones (excluding diaryl/α,β-unsaturated/α-hetero) is 1. The lowest BCUT2D eigenvalue weighted by Crippen LogP contribution is -2.49. The molecule has 1 N–H and O–H groups in total. The average Bonchev–Trinajstić information content (AvgIpc) is 2.79. The molecule has 1 saturated carbocycles. The van der Waals surface area contributed by atoms with Crippen molar-refractivity contribution in [1.82, 2.24) is 5.32 Å². The topological polar surface area (TPSA) is 51.5 Å². The summed E-state index contributed by atoms with van der Waals surface area (Å²) in [5.74, 6) is 1.14. The number of furan rings is 1. The Hall–Kier alpha value is -1.81. The third-order valence-electron chi connectivity index (χ3n) is 3.81. The van der Waals surface area contributed by atoms with Gasteiger partial charge in [0.25, 0.3) is 0 Å². The van der Waals surface area contributed by atoms with Gasteiger partial charge in [0.1, 0.15) is 17.4 Å². The van der Waals surface area contributed by atoms with E-state index in [4.69, 9.17) is 9.15 Å². The number of ketones is 1. The number of fused-ring (bicyclic) bond motifs is 1. The number of carbonyl (C=O) groups excluding carboxylic acids is 1. The van der Waals surface area contributed by atoms with Gasteiger partial charge in [-0.05, 0) is 31.0 Å². The fourth-order valence-corrected chi connectivity index (χ4v) is 2.72. The Morgan fingerprint density at radius 2 is 2.10 bits per heavy atom. The van der Waals surface area contributed by atoms with Gasteiger partial charge in [-0.15, -0.1) is 0 Å². The zero-order valence-electron chi connectivity index (χ0n) is 12.7. The minimum absolute atomic E-state index is 0.0599. The molecule has 1 aromatic carbocycles. The first-order valence-corrected chi connectivity index (χ1v) is 7.48. The van der Waals surface area contributed by atoms with E-state index in [0.29, 0.717) is 23.4 Å². The van der Waals surface area contributed by atoms with E-state index < -0.39 is 0 Å². The molecule has 0 atom stereocenters. The fraction of sp³-hybridized carbons (Fsp3) is 0.471. The monoisotopic (exact) mass is 287 g/mol. The molecule has 112 valence electrons. The van der Waals surface area contributed by atoms with E-state index in [-0.39, 0.29) is 11.9 Å². The molecular weight excluding hydrogens is 266 g/mol. The molecule has 0 amide bonds. The average molecular weight is 287 g/mol. The van der Waals surface area contributed by atoms with Crippen LogP contribution >= 0.6 is 0 Å². The van der Waals surface area contributed by atoms with Crippen molar-refractivity contribution < 1.29 is 13.9 Å². The normalized spacial score (nSPS) is 21.5. The van der Waals surface area contributed by atoms with Gasteiger partial charge in [-0.25, -0.2) is 0 Å². The molecule has 0 bridgehead atoms. The largest absolute Gasteiger partial charge is 0.490 e. The van der Waals surface area contributed by atoms with E-state index in [1.54, 1.807) is 6.07 Å². The molecule has 0 spiro atoms. The maximum absolute atomic E-state index is 11.3. The molecule has 4 heteroatoms. The third kappa shape index (κ3) is 3.10. The number of benzene rings is 1. The molecule has 4 nitrogen and oxygen atoms in total. The second-order valence-electron chi connectivity index (χ2n) is 6.10.